The minimum absolute atomic E-state index is 0.0897. The molecule has 5 nitrogen and oxygen atoms in total. The monoisotopic (exact) mass is 289 g/mol. The molecule has 0 bridgehead atoms. The van der Waals surface area contributed by atoms with Crippen molar-refractivity contribution in [2.24, 2.45) is 5.73 Å². The van der Waals surface area contributed by atoms with Gasteiger partial charge in [0.2, 0.25) is 0 Å². The van der Waals surface area contributed by atoms with Crippen molar-refractivity contribution in [2.75, 3.05) is 25.5 Å². The van der Waals surface area contributed by atoms with Crippen LogP contribution in [0.25, 0.3) is 0 Å². The summed E-state index contributed by atoms with van der Waals surface area (Å²) in [5, 5.41) is 8.65. The average molecular weight is 289 g/mol. The standard InChI is InChI=1S/C12H16FNO4S/c13-10(5-6-14)9-18-11-1-3-12(4-2-11)19(16,17)8-7-15/h1-5,15H,6-9,14H2. The van der Waals surface area contributed by atoms with Gasteiger partial charge in [0, 0.05) is 6.54 Å². The lowest BCUT2D eigenvalue weighted by molar-refractivity contribution is 0.318. The molecule has 1 aromatic carbocycles. The maximum atomic E-state index is 13.0. The Hall–Kier alpha value is -1.44. The van der Waals surface area contributed by atoms with Crippen molar-refractivity contribution in [3.8, 4) is 5.75 Å². The van der Waals surface area contributed by atoms with Crippen LogP contribution in [0, 0.1) is 0 Å². The Labute approximate surface area is 111 Å². The van der Waals surface area contributed by atoms with Gasteiger partial charge in [-0.25, -0.2) is 12.8 Å². The lowest BCUT2D eigenvalue weighted by Gasteiger charge is -2.06. The molecule has 0 aromatic heterocycles. The molecule has 0 unspecified atom stereocenters. The van der Waals surface area contributed by atoms with Gasteiger partial charge in [-0.05, 0) is 30.3 Å². The van der Waals surface area contributed by atoms with E-state index >= 15 is 0 Å². The second-order valence-corrected chi connectivity index (χ2v) is 5.80. The number of ether oxygens (including phenoxy) is 1. The molecule has 1 rings (SSSR count). The second-order valence-electron chi connectivity index (χ2n) is 3.69. The van der Waals surface area contributed by atoms with E-state index < -0.39 is 22.3 Å². The van der Waals surface area contributed by atoms with Gasteiger partial charge in [-0.1, -0.05) is 0 Å². The van der Waals surface area contributed by atoms with E-state index in [4.69, 9.17) is 15.6 Å². The zero-order valence-corrected chi connectivity index (χ0v) is 11.1. The largest absolute Gasteiger partial charge is 0.487 e. The fraction of sp³-hybridized carbons (Fsp3) is 0.333. The number of aliphatic hydroxyl groups is 1. The van der Waals surface area contributed by atoms with Crippen molar-refractivity contribution in [3.63, 3.8) is 0 Å². The van der Waals surface area contributed by atoms with Gasteiger partial charge in [0.25, 0.3) is 0 Å². The third kappa shape index (κ3) is 4.98. The van der Waals surface area contributed by atoms with Crippen LogP contribution >= 0.6 is 0 Å². The molecule has 0 spiro atoms. The molecule has 0 fully saturated rings. The zero-order chi connectivity index (χ0) is 14.3. The third-order valence-electron chi connectivity index (χ3n) is 2.26. The molecular weight excluding hydrogens is 273 g/mol. The summed E-state index contributed by atoms with van der Waals surface area (Å²) in [6.07, 6.45) is 1.19. The van der Waals surface area contributed by atoms with Crippen LogP contribution in [0.5, 0.6) is 5.75 Å². The second kappa shape index (κ2) is 7.22. The van der Waals surface area contributed by atoms with Crippen LogP contribution in [-0.2, 0) is 9.84 Å². The first-order valence-corrected chi connectivity index (χ1v) is 7.26. The minimum atomic E-state index is -3.47. The molecular formula is C12H16FNO4S. The number of rotatable bonds is 7. The Morgan fingerprint density at radius 3 is 2.53 bits per heavy atom. The van der Waals surface area contributed by atoms with E-state index in [9.17, 15) is 12.8 Å². The summed E-state index contributed by atoms with van der Waals surface area (Å²) in [6, 6.07) is 5.57. The predicted molar refractivity (Wildman–Crippen MR) is 69.3 cm³/mol. The average Bonchev–Trinajstić information content (AvgIpc) is 2.37. The first kappa shape index (κ1) is 15.6. The number of sulfone groups is 1. The van der Waals surface area contributed by atoms with Gasteiger partial charge in [-0.2, -0.15) is 0 Å². The molecule has 0 heterocycles. The summed E-state index contributed by atoms with van der Waals surface area (Å²) < 4.78 is 41.3. The summed E-state index contributed by atoms with van der Waals surface area (Å²) in [5.41, 5.74) is 5.14. The highest BCUT2D eigenvalue weighted by Gasteiger charge is 2.13. The minimum Gasteiger partial charge on any atom is -0.487 e. The molecule has 0 aliphatic rings. The van der Waals surface area contributed by atoms with E-state index in [-0.39, 0.29) is 23.8 Å². The summed E-state index contributed by atoms with van der Waals surface area (Å²) in [5.74, 6) is -0.468. The van der Waals surface area contributed by atoms with Gasteiger partial charge in [0.05, 0.1) is 17.3 Å². The Kier molecular flexibility index (Phi) is 5.94. The van der Waals surface area contributed by atoms with Crippen LogP contribution in [0.2, 0.25) is 0 Å². The highest BCUT2D eigenvalue weighted by Crippen LogP contribution is 2.17. The van der Waals surface area contributed by atoms with Gasteiger partial charge in [-0.15, -0.1) is 0 Å². The highest BCUT2D eigenvalue weighted by atomic mass is 32.2. The van der Waals surface area contributed by atoms with Gasteiger partial charge in [0.15, 0.2) is 9.84 Å². The summed E-state index contributed by atoms with van der Waals surface area (Å²) in [7, 11) is -3.47. The van der Waals surface area contributed by atoms with Crippen molar-refractivity contribution < 1.29 is 22.7 Å². The summed E-state index contributed by atoms with van der Waals surface area (Å²) in [4.78, 5) is 0.0897. The maximum absolute atomic E-state index is 13.0. The number of hydrogen-bond donors (Lipinski definition) is 2. The summed E-state index contributed by atoms with van der Waals surface area (Å²) in [6.45, 7) is -0.594. The molecule has 1 aromatic rings. The van der Waals surface area contributed by atoms with Crippen molar-refractivity contribution in [3.05, 3.63) is 36.2 Å². The lowest BCUT2D eigenvalue weighted by atomic mass is 10.3. The summed E-state index contributed by atoms with van der Waals surface area (Å²) >= 11 is 0. The molecule has 0 radical (unpaired) electrons. The van der Waals surface area contributed by atoms with Crippen LogP contribution in [-0.4, -0.2) is 39.0 Å². The van der Waals surface area contributed by atoms with E-state index in [0.29, 0.717) is 5.75 Å². The first-order valence-electron chi connectivity index (χ1n) is 5.60. The van der Waals surface area contributed by atoms with Gasteiger partial charge in [0.1, 0.15) is 18.2 Å². The van der Waals surface area contributed by atoms with Crippen molar-refractivity contribution >= 4 is 9.84 Å². The van der Waals surface area contributed by atoms with E-state index in [1.165, 1.54) is 30.3 Å². The van der Waals surface area contributed by atoms with Gasteiger partial charge < -0.3 is 15.6 Å². The number of benzene rings is 1. The topological polar surface area (TPSA) is 89.6 Å². The van der Waals surface area contributed by atoms with E-state index in [2.05, 4.69) is 0 Å². The molecule has 0 aliphatic heterocycles. The fourth-order valence-electron chi connectivity index (χ4n) is 1.32. The molecule has 0 amide bonds. The number of aliphatic hydroxyl groups excluding tert-OH is 1. The molecule has 0 aliphatic carbocycles. The third-order valence-corrected chi connectivity index (χ3v) is 3.97. The lowest BCUT2D eigenvalue weighted by Crippen LogP contribution is -2.10. The Morgan fingerprint density at radius 1 is 1.37 bits per heavy atom. The van der Waals surface area contributed by atoms with Crippen molar-refractivity contribution in [1.29, 1.82) is 0 Å². The molecule has 0 atom stereocenters. The van der Waals surface area contributed by atoms with Crippen molar-refractivity contribution in [1.82, 2.24) is 0 Å². The van der Waals surface area contributed by atoms with Crippen molar-refractivity contribution in [2.45, 2.75) is 4.90 Å². The van der Waals surface area contributed by atoms with E-state index in [1.807, 2.05) is 0 Å². The predicted octanol–water partition coefficient (Wildman–Crippen LogP) is 0.643. The Morgan fingerprint density at radius 2 is 2.00 bits per heavy atom. The first-order chi connectivity index (χ1) is 8.99. The Balaban J connectivity index is 2.70. The van der Waals surface area contributed by atoms with E-state index in [1.54, 1.807) is 0 Å². The zero-order valence-electron chi connectivity index (χ0n) is 10.3. The SMILES string of the molecule is NCC=C(F)COc1ccc(S(=O)(=O)CCO)cc1. The van der Waals surface area contributed by atoms with E-state index in [0.717, 1.165) is 0 Å². The van der Waals surface area contributed by atoms with Crippen LogP contribution < -0.4 is 10.5 Å². The van der Waals surface area contributed by atoms with Crippen LogP contribution in [0.1, 0.15) is 0 Å². The quantitative estimate of drug-likeness (QED) is 0.769. The highest BCUT2D eigenvalue weighted by molar-refractivity contribution is 7.91. The fourth-order valence-corrected chi connectivity index (χ4v) is 2.35. The molecule has 0 saturated carbocycles. The van der Waals surface area contributed by atoms with Crippen LogP contribution in [0.15, 0.2) is 41.1 Å². The number of halogens is 1. The smallest absolute Gasteiger partial charge is 0.180 e. The maximum Gasteiger partial charge on any atom is 0.180 e. The Bertz CT molecular complexity index is 525. The normalized spacial score (nSPS) is 12.5. The molecule has 19 heavy (non-hydrogen) atoms. The molecule has 106 valence electrons. The number of nitrogens with two attached hydrogens (primary N) is 1. The van der Waals surface area contributed by atoms with Gasteiger partial charge in [-0.3, -0.25) is 0 Å². The molecule has 7 heteroatoms. The van der Waals surface area contributed by atoms with Crippen LogP contribution in [0.4, 0.5) is 4.39 Å². The number of hydrogen-bond acceptors (Lipinski definition) is 5. The van der Waals surface area contributed by atoms with Crippen LogP contribution in [0.3, 0.4) is 0 Å². The van der Waals surface area contributed by atoms with Gasteiger partial charge >= 0.3 is 0 Å². The molecule has 0 saturated heterocycles. The molecule has 3 N–H and O–H groups in total.